The van der Waals surface area contributed by atoms with Crippen LogP contribution in [0.15, 0.2) is 0 Å². The van der Waals surface area contributed by atoms with Crippen molar-refractivity contribution in [3.8, 4) is 0 Å². The summed E-state index contributed by atoms with van der Waals surface area (Å²) in [5, 5.41) is 12.7. The van der Waals surface area contributed by atoms with Crippen LogP contribution < -0.4 is 5.32 Å². The maximum Gasteiger partial charge on any atom is 0.241 e. The summed E-state index contributed by atoms with van der Waals surface area (Å²) in [5.74, 6) is -0.305. The van der Waals surface area contributed by atoms with Crippen molar-refractivity contribution in [3.05, 3.63) is 0 Å². The molecule has 6 heteroatoms. The summed E-state index contributed by atoms with van der Waals surface area (Å²) in [6.07, 6.45) is 6.96. The van der Waals surface area contributed by atoms with Gasteiger partial charge in [0.25, 0.3) is 0 Å². The van der Waals surface area contributed by atoms with E-state index in [1.54, 1.807) is 0 Å². The highest BCUT2D eigenvalue weighted by molar-refractivity contribution is 7.92. The number of carbonyl (C=O) groups excluding carboxylic acids is 1. The smallest absolute Gasteiger partial charge is 0.241 e. The van der Waals surface area contributed by atoms with Gasteiger partial charge >= 0.3 is 0 Å². The van der Waals surface area contributed by atoms with Gasteiger partial charge in [-0.2, -0.15) is 0 Å². The Kier molecular flexibility index (Phi) is 4.74. The second-order valence-electron chi connectivity index (χ2n) is 6.30. The highest BCUT2D eigenvalue weighted by Crippen LogP contribution is 2.37. The second-order valence-corrected chi connectivity index (χ2v) is 8.62. The zero-order valence-corrected chi connectivity index (χ0v) is 12.9. The predicted octanol–water partition coefficient (Wildman–Crippen LogP) is 1.01. The lowest BCUT2D eigenvalue weighted by molar-refractivity contribution is -0.124. The molecule has 2 unspecified atom stereocenters. The molecule has 0 heterocycles. The summed E-state index contributed by atoms with van der Waals surface area (Å²) < 4.78 is 22.8. The predicted molar refractivity (Wildman–Crippen MR) is 77.0 cm³/mol. The van der Waals surface area contributed by atoms with Gasteiger partial charge in [0.2, 0.25) is 5.91 Å². The number of aliphatic hydroxyl groups excluding tert-OH is 1. The van der Waals surface area contributed by atoms with Crippen molar-refractivity contribution in [1.82, 2.24) is 5.32 Å². The lowest BCUT2D eigenvalue weighted by Gasteiger charge is -2.30. The monoisotopic (exact) mass is 303 g/mol. The molecule has 0 aromatic rings. The van der Waals surface area contributed by atoms with Crippen molar-refractivity contribution < 1.29 is 18.3 Å². The Morgan fingerprint density at radius 3 is 2.35 bits per heavy atom. The minimum atomic E-state index is -3.40. The van der Waals surface area contributed by atoms with Gasteiger partial charge in [-0.15, -0.1) is 0 Å². The van der Waals surface area contributed by atoms with Crippen LogP contribution in [0.1, 0.15) is 51.4 Å². The van der Waals surface area contributed by atoms with E-state index in [1.165, 1.54) is 0 Å². The van der Waals surface area contributed by atoms with Gasteiger partial charge in [-0.3, -0.25) is 4.79 Å². The molecular formula is C14H25NO4S. The van der Waals surface area contributed by atoms with Gasteiger partial charge in [0.15, 0.2) is 9.84 Å². The SMILES string of the molecule is CS(=O)(=O)C1(C(=O)NCC2CCCCC2O)CCCC1. The van der Waals surface area contributed by atoms with Crippen LogP contribution in [-0.4, -0.2) is 43.1 Å². The van der Waals surface area contributed by atoms with E-state index in [2.05, 4.69) is 5.32 Å². The van der Waals surface area contributed by atoms with Crippen molar-refractivity contribution in [3.63, 3.8) is 0 Å². The highest BCUT2D eigenvalue weighted by atomic mass is 32.2. The standard InChI is InChI=1S/C14H25NO4S/c1-20(18,19)14(8-4-5-9-14)13(17)15-10-11-6-2-3-7-12(11)16/h11-12,16H,2-10H2,1H3,(H,15,17). The van der Waals surface area contributed by atoms with E-state index in [-0.39, 0.29) is 17.9 Å². The molecule has 2 aliphatic rings. The van der Waals surface area contributed by atoms with E-state index in [1.807, 2.05) is 0 Å². The Balaban J connectivity index is 1.99. The fourth-order valence-electron chi connectivity index (χ4n) is 3.52. The quantitative estimate of drug-likeness (QED) is 0.812. The summed E-state index contributed by atoms with van der Waals surface area (Å²) in [6, 6.07) is 0. The third-order valence-electron chi connectivity index (χ3n) is 4.93. The van der Waals surface area contributed by atoms with E-state index >= 15 is 0 Å². The molecule has 0 radical (unpaired) electrons. The van der Waals surface area contributed by atoms with Crippen molar-refractivity contribution in [2.45, 2.75) is 62.2 Å². The molecule has 2 saturated carbocycles. The fraction of sp³-hybridized carbons (Fsp3) is 0.929. The van der Waals surface area contributed by atoms with Crippen molar-refractivity contribution in [1.29, 1.82) is 0 Å². The number of hydrogen-bond acceptors (Lipinski definition) is 4. The molecule has 2 rings (SSSR count). The van der Waals surface area contributed by atoms with Crippen molar-refractivity contribution >= 4 is 15.7 Å². The average Bonchev–Trinajstić information content (AvgIpc) is 2.87. The third-order valence-corrected chi connectivity index (χ3v) is 6.94. The first-order valence-electron chi connectivity index (χ1n) is 7.53. The van der Waals surface area contributed by atoms with Crippen LogP contribution in [0, 0.1) is 5.92 Å². The van der Waals surface area contributed by atoms with Crippen molar-refractivity contribution in [2.75, 3.05) is 12.8 Å². The lowest BCUT2D eigenvalue weighted by Crippen LogP contribution is -2.52. The van der Waals surface area contributed by atoms with Gasteiger partial charge < -0.3 is 10.4 Å². The topological polar surface area (TPSA) is 83.5 Å². The Bertz CT molecular complexity index is 454. The van der Waals surface area contributed by atoms with Gasteiger partial charge in [-0.05, 0) is 25.7 Å². The molecule has 0 aliphatic heterocycles. The molecule has 2 atom stereocenters. The highest BCUT2D eigenvalue weighted by Gasteiger charge is 2.49. The van der Waals surface area contributed by atoms with Gasteiger partial charge in [0, 0.05) is 18.7 Å². The van der Waals surface area contributed by atoms with E-state index in [0.717, 1.165) is 44.8 Å². The average molecular weight is 303 g/mol. The molecule has 2 aliphatic carbocycles. The number of nitrogens with one attached hydrogen (secondary N) is 1. The molecular weight excluding hydrogens is 278 g/mol. The van der Waals surface area contributed by atoms with E-state index in [0.29, 0.717) is 19.4 Å². The summed E-state index contributed by atoms with van der Waals surface area (Å²) in [7, 11) is -3.40. The number of hydrogen-bond donors (Lipinski definition) is 2. The molecule has 1 amide bonds. The Morgan fingerprint density at radius 2 is 1.80 bits per heavy atom. The van der Waals surface area contributed by atoms with Crippen LogP contribution >= 0.6 is 0 Å². The number of amides is 1. The van der Waals surface area contributed by atoms with Crippen LogP contribution in [0.3, 0.4) is 0 Å². The normalized spacial score (nSPS) is 30.1. The Labute approximate surface area is 121 Å². The largest absolute Gasteiger partial charge is 0.393 e. The van der Waals surface area contributed by atoms with E-state index in [9.17, 15) is 18.3 Å². The fourth-order valence-corrected chi connectivity index (χ4v) is 4.96. The minimum Gasteiger partial charge on any atom is -0.393 e. The molecule has 0 aromatic heterocycles. The first-order chi connectivity index (χ1) is 9.37. The molecule has 0 spiro atoms. The van der Waals surface area contributed by atoms with E-state index < -0.39 is 14.6 Å². The molecule has 116 valence electrons. The summed E-state index contributed by atoms with van der Waals surface area (Å²) in [6.45, 7) is 0.386. The third kappa shape index (κ3) is 3.01. The molecule has 5 nitrogen and oxygen atoms in total. The van der Waals surface area contributed by atoms with Gasteiger partial charge in [0.1, 0.15) is 4.75 Å². The maximum absolute atomic E-state index is 12.4. The zero-order chi connectivity index (χ0) is 14.8. The van der Waals surface area contributed by atoms with Crippen LogP contribution in [0.25, 0.3) is 0 Å². The van der Waals surface area contributed by atoms with Crippen LogP contribution in [0.4, 0.5) is 0 Å². The van der Waals surface area contributed by atoms with E-state index in [4.69, 9.17) is 0 Å². The number of sulfone groups is 1. The van der Waals surface area contributed by atoms with Gasteiger partial charge in [-0.1, -0.05) is 25.7 Å². The summed E-state index contributed by atoms with van der Waals surface area (Å²) in [5.41, 5.74) is 0. The Hall–Kier alpha value is -0.620. The van der Waals surface area contributed by atoms with Crippen molar-refractivity contribution in [2.24, 2.45) is 5.92 Å². The van der Waals surface area contributed by atoms with Crippen LogP contribution in [0.5, 0.6) is 0 Å². The molecule has 2 fully saturated rings. The zero-order valence-electron chi connectivity index (χ0n) is 12.1. The Morgan fingerprint density at radius 1 is 1.20 bits per heavy atom. The molecule has 0 saturated heterocycles. The number of rotatable bonds is 4. The second kappa shape index (κ2) is 6.02. The van der Waals surface area contributed by atoms with Crippen LogP contribution in [-0.2, 0) is 14.6 Å². The molecule has 0 aromatic carbocycles. The number of carbonyl (C=O) groups is 1. The van der Waals surface area contributed by atoms with Gasteiger partial charge in [0.05, 0.1) is 6.10 Å². The first kappa shape index (κ1) is 15.8. The molecule has 2 N–H and O–H groups in total. The maximum atomic E-state index is 12.4. The number of aliphatic hydroxyl groups is 1. The van der Waals surface area contributed by atoms with Gasteiger partial charge in [-0.25, -0.2) is 8.42 Å². The molecule has 20 heavy (non-hydrogen) atoms. The molecule has 0 bridgehead atoms. The summed E-state index contributed by atoms with van der Waals surface area (Å²) >= 11 is 0. The minimum absolute atomic E-state index is 0.0608. The van der Waals surface area contributed by atoms with Crippen LogP contribution in [0.2, 0.25) is 0 Å². The lowest BCUT2D eigenvalue weighted by atomic mass is 9.86. The first-order valence-corrected chi connectivity index (χ1v) is 9.42. The summed E-state index contributed by atoms with van der Waals surface area (Å²) in [4.78, 5) is 12.4.